The summed E-state index contributed by atoms with van der Waals surface area (Å²) in [5.74, 6) is 0. The average molecular weight is 247 g/mol. The summed E-state index contributed by atoms with van der Waals surface area (Å²) in [7, 11) is 0. The van der Waals surface area contributed by atoms with Gasteiger partial charge in [0.15, 0.2) is 0 Å². The van der Waals surface area contributed by atoms with Crippen molar-refractivity contribution >= 4 is 11.3 Å². The lowest BCUT2D eigenvalue weighted by molar-refractivity contribution is 0.469. The smallest absolute Gasteiger partial charge is 0.0934 e. The first-order valence-corrected chi connectivity index (χ1v) is 7.07. The predicted molar refractivity (Wildman–Crippen MR) is 71.3 cm³/mol. The van der Waals surface area contributed by atoms with Gasteiger partial charge in [0.1, 0.15) is 0 Å². The summed E-state index contributed by atoms with van der Waals surface area (Å²) in [5.41, 5.74) is 3.58. The predicted octanol–water partition coefficient (Wildman–Crippen LogP) is 2.67. The largest absolute Gasteiger partial charge is 0.312 e. The quantitative estimate of drug-likeness (QED) is 0.903. The normalized spacial score (nSPS) is 19.9. The van der Waals surface area contributed by atoms with Crippen molar-refractivity contribution in [2.24, 2.45) is 0 Å². The maximum atomic E-state index is 4.70. The highest BCUT2D eigenvalue weighted by molar-refractivity contribution is 7.08. The molecule has 3 heterocycles. The average Bonchev–Trinajstić information content (AvgIpc) is 3.02. The Morgan fingerprint density at radius 2 is 2.53 bits per heavy atom. The van der Waals surface area contributed by atoms with Crippen LogP contribution < -0.4 is 5.32 Å². The molecule has 17 heavy (non-hydrogen) atoms. The molecule has 3 rings (SSSR count). The van der Waals surface area contributed by atoms with E-state index < -0.39 is 0 Å². The summed E-state index contributed by atoms with van der Waals surface area (Å²) < 4.78 is 2.13. The first-order valence-electron chi connectivity index (χ1n) is 6.13. The zero-order chi connectivity index (χ0) is 11.7. The van der Waals surface area contributed by atoms with E-state index in [1.54, 1.807) is 11.3 Å². The molecule has 0 saturated carbocycles. The van der Waals surface area contributed by atoms with Crippen LogP contribution in [0.15, 0.2) is 22.9 Å². The van der Waals surface area contributed by atoms with Gasteiger partial charge < -0.3 is 5.32 Å². The number of rotatable bonds is 3. The first-order chi connectivity index (χ1) is 8.33. The van der Waals surface area contributed by atoms with Crippen LogP contribution in [0.5, 0.6) is 0 Å². The molecule has 1 aliphatic rings. The molecule has 2 aromatic rings. The Hall–Kier alpha value is -1.13. The topological polar surface area (TPSA) is 29.9 Å². The Morgan fingerprint density at radius 1 is 1.59 bits per heavy atom. The summed E-state index contributed by atoms with van der Waals surface area (Å²) in [6.45, 7) is 4.29. The summed E-state index contributed by atoms with van der Waals surface area (Å²) in [6.07, 6.45) is 2.56. The molecular weight excluding hydrogens is 230 g/mol. The van der Waals surface area contributed by atoms with Crippen molar-refractivity contribution in [2.75, 3.05) is 6.54 Å². The first kappa shape index (κ1) is 11.0. The van der Waals surface area contributed by atoms with E-state index in [1.807, 2.05) is 0 Å². The number of hydrogen-bond acceptors (Lipinski definition) is 3. The van der Waals surface area contributed by atoms with E-state index in [2.05, 4.69) is 39.8 Å². The molecule has 1 atom stereocenters. The van der Waals surface area contributed by atoms with Crippen molar-refractivity contribution in [1.29, 1.82) is 0 Å². The van der Waals surface area contributed by atoms with E-state index in [9.17, 15) is 0 Å². The maximum Gasteiger partial charge on any atom is 0.0934 e. The molecule has 3 nitrogen and oxygen atoms in total. The highest BCUT2D eigenvalue weighted by Crippen LogP contribution is 2.22. The zero-order valence-corrected chi connectivity index (χ0v) is 10.8. The van der Waals surface area contributed by atoms with Crippen molar-refractivity contribution in [3.05, 3.63) is 28.6 Å². The van der Waals surface area contributed by atoms with Gasteiger partial charge in [0.2, 0.25) is 0 Å². The molecule has 90 valence electrons. The number of aryl methyl sites for hydroxylation is 1. The van der Waals surface area contributed by atoms with E-state index >= 15 is 0 Å². The molecule has 0 aromatic carbocycles. The van der Waals surface area contributed by atoms with Gasteiger partial charge in [-0.2, -0.15) is 16.4 Å². The van der Waals surface area contributed by atoms with Gasteiger partial charge in [0.05, 0.1) is 12.2 Å². The molecule has 1 saturated heterocycles. The molecule has 0 aliphatic carbocycles. The van der Waals surface area contributed by atoms with Gasteiger partial charge in [-0.3, -0.25) is 4.68 Å². The lowest BCUT2D eigenvalue weighted by Crippen LogP contribution is -2.27. The van der Waals surface area contributed by atoms with Gasteiger partial charge >= 0.3 is 0 Å². The Morgan fingerprint density at radius 3 is 3.24 bits per heavy atom. The van der Waals surface area contributed by atoms with E-state index in [1.165, 1.54) is 24.1 Å². The Bertz CT molecular complexity index is 481. The lowest BCUT2D eigenvalue weighted by atomic mass is 10.2. The van der Waals surface area contributed by atoms with Gasteiger partial charge in [0.25, 0.3) is 0 Å². The summed E-state index contributed by atoms with van der Waals surface area (Å²) >= 11 is 1.72. The minimum absolute atomic E-state index is 0.601. The Labute approximate surface area is 105 Å². The van der Waals surface area contributed by atoms with Crippen LogP contribution in [0.3, 0.4) is 0 Å². The highest BCUT2D eigenvalue weighted by Gasteiger charge is 2.16. The van der Waals surface area contributed by atoms with Crippen molar-refractivity contribution in [1.82, 2.24) is 15.1 Å². The molecule has 4 heteroatoms. The van der Waals surface area contributed by atoms with Gasteiger partial charge in [-0.25, -0.2) is 0 Å². The number of thiophene rings is 1. The van der Waals surface area contributed by atoms with Gasteiger partial charge in [-0.1, -0.05) is 0 Å². The molecule has 1 aliphatic heterocycles. The molecule has 0 unspecified atom stereocenters. The Kier molecular flexibility index (Phi) is 2.99. The molecule has 0 amide bonds. The van der Waals surface area contributed by atoms with Crippen LogP contribution in [-0.2, 0) is 6.54 Å². The SMILES string of the molecule is Cc1cc(-c2ccsc2)nn1C[C@H]1CCCN1. The van der Waals surface area contributed by atoms with Crippen molar-refractivity contribution in [3.63, 3.8) is 0 Å². The lowest BCUT2D eigenvalue weighted by Gasteiger charge is -2.11. The van der Waals surface area contributed by atoms with Gasteiger partial charge in [-0.05, 0) is 43.8 Å². The minimum atomic E-state index is 0.601. The zero-order valence-electron chi connectivity index (χ0n) is 10.0. The molecule has 2 aromatic heterocycles. The monoisotopic (exact) mass is 247 g/mol. The van der Waals surface area contributed by atoms with Crippen LogP contribution in [0.4, 0.5) is 0 Å². The van der Waals surface area contributed by atoms with E-state index in [4.69, 9.17) is 5.10 Å². The fourth-order valence-electron chi connectivity index (χ4n) is 2.37. The standard InChI is InChI=1S/C13H17N3S/c1-10-7-13(11-4-6-17-9-11)15-16(10)8-12-3-2-5-14-12/h4,6-7,9,12,14H,2-3,5,8H2,1H3/t12-/m1/s1. The van der Waals surface area contributed by atoms with E-state index in [0.29, 0.717) is 6.04 Å². The van der Waals surface area contributed by atoms with Crippen molar-refractivity contribution in [2.45, 2.75) is 32.4 Å². The second-order valence-electron chi connectivity index (χ2n) is 4.66. The highest BCUT2D eigenvalue weighted by atomic mass is 32.1. The molecule has 0 spiro atoms. The molecule has 0 radical (unpaired) electrons. The summed E-state index contributed by atoms with van der Waals surface area (Å²) in [4.78, 5) is 0. The Balaban J connectivity index is 1.80. The number of hydrogen-bond donors (Lipinski definition) is 1. The van der Waals surface area contributed by atoms with E-state index in [-0.39, 0.29) is 0 Å². The third-order valence-corrected chi connectivity index (χ3v) is 4.04. The maximum absolute atomic E-state index is 4.70. The summed E-state index contributed by atoms with van der Waals surface area (Å²) in [6, 6.07) is 4.91. The molecular formula is C13H17N3S. The van der Waals surface area contributed by atoms with E-state index in [0.717, 1.165) is 18.8 Å². The van der Waals surface area contributed by atoms with Crippen LogP contribution in [0.1, 0.15) is 18.5 Å². The van der Waals surface area contributed by atoms with Crippen LogP contribution in [0, 0.1) is 6.92 Å². The fourth-order valence-corrected chi connectivity index (χ4v) is 3.02. The second-order valence-corrected chi connectivity index (χ2v) is 5.44. The van der Waals surface area contributed by atoms with Crippen LogP contribution in [0.2, 0.25) is 0 Å². The summed E-state index contributed by atoms with van der Waals surface area (Å²) in [5, 5.41) is 12.5. The third-order valence-electron chi connectivity index (χ3n) is 3.35. The van der Waals surface area contributed by atoms with Gasteiger partial charge in [0, 0.05) is 22.7 Å². The van der Waals surface area contributed by atoms with Crippen LogP contribution in [-0.4, -0.2) is 22.4 Å². The van der Waals surface area contributed by atoms with Crippen LogP contribution in [0.25, 0.3) is 11.3 Å². The fraction of sp³-hybridized carbons (Fsp3) is 0.462. The molecule has 0 bridgehead atoms. The minimum Gasteiger partial charge on any atom is -0.312 e. The second kappa shape index (κ2) is 4.63. The van der Waals surface area contributed by atoms with Crippen LogP contribution >= 0.6 is 11.3 Å². The third kappa shape index (κ3) is 2.28. The van der Waals surface area contributed by atoms with Crippen molar-refractivity contribution in [3.8, 4) is 11.3 Å². The number of nitrogens with one attached hydrogen (secondary N) is 1. The number of aromatic nitrogens is 2. The molecule has 1 N–H and O–H groups in total. The number of nitrogens with zero attached hydrogens (tertiary/aromatic N) is 2. The molecule has 1 fully saturated rings. The van der Waals surface area contributed by atoms with Gasteiger partial charge in [-0.15, -0.1) is 0 Å². The van der Waals surface area contributed by atoms with Crippen molar-refractivity contribution < 1.29 is 0 Å².